The second-order valence-corrected chi connectivity index (χ2v) is 3.42. The third kappa shape index (κ3) is 6.32. The maximum absolute atomic E-state index is 5.39. The first kappa shape index (κ1) is 10.9. The van der Waals surface area contributed by atoms with Crippen molar-refractivity contribution >= 4 is 0 Å². The molecule has 0 aromatic carbocycles. The van der Waals surface area contributed by atoms with Gasteiger partial charge in [-0.1, -0.05) is 6.42 Å². The van der Waals surface area contributed by atoms with Crippen LogP contribution in [0.25, 0.3) is 0 Å². The zero-order valence-corrected chi connectivity index (χ0v) is 8.14. The Bertz CT molecular complexity index is 81.6. The normalized spacial score (nSPS) is 11.5. The third-order valence-electron chi connectivity index (χ3n) is 2.10. The minimum Gasteiger partial charge on any atom is -0.330 e. The van der Waals surface area contributed by atoms with Crippen molar-refractivity contribution in [2.75, 3.05) is 20.1 Å². The summed E-state index contributed by atoms with van der Waals surface area (Å²) < 4.78 is 0. The van der Waals surface area contributed by atoms with Crippen LogP contribution in [0.4, 0.5) is 0 Å². The second kappa shape index (κ2) is 6.62. The molecule has 2 N–H and O–H groups in total. The highest BCUT2D eigenvalue weighted by Crippen LogP contribution is 1.99. The molecular weight excluding hydrogens is 136 g/mol. The van der Waals surface area contributed by atoms with E-state index < -0.39 is 0 Å². The third-order valence-corrected chi connectivity index (χ3v) is 2.10. The number of hydrogen-bond acceptors (Lipinski definition) is 2. The lowest BCUT2D eigenvalue weighted by Crippen LogP contribution is -2.27. The summed E-state index contributed by atoms with van der Waals surface area (Å²) in [6.45, 7) is 6.49. The molecule has 0 fully saturated rings. The Morgan fingerprint density at radius 1 is 1.18 bits per heavy atom. The van der Waals surface area contributed by atoms with Crippen LogP contribution in [0.5, 0.6) is 0 Å². The fourth-order valence-corrected chi connectivity index (χ4v) is 0.941. The molecule has 2 heteroatoms. The molecule has 0 aliphatic carbocycles. The molecule has 0 unspecified atom stereocenters. The highest BCUT2D eigenvalue weighted by atomic mass is 15.1. The summed E-state index contributed by atoms with van der Waals surface area (Å²) in [5, 5.41) is 0. The maximum atomic E-state index is 5.39. The standard InChI is InChI=1S/C9H22N2/c1-9(2)11(3)8-6-4-5-7-10/h9H,4-8,10H2,1-3H3. The summed E-state index contributed by atoms with van der Waals surface area (Å²) >= 11 is 0. The van der Waals surface area contributed by atoms with Crippen LogP contribution in [0.1, 0.15) is 33.1 Å². The molecule has 11 heavy (non-hydrogen) atoms. The molecule has 2 nitrogen and oxygen atoms in total. The van der Waals surface area contributed by atoms with Crippen LogP contribution in [0.2, 0.25) is 0 Å². The van der Waals surface area contributed by atoms with Crippen LogP contribution < -0.4 is 5.73 Å². The molecule has 0 aliphatic rings. The molecule has 0 saturated carbocycles. The Labute approximate surface area is 70.8 Å². The summed E-state index contributed by atoms with van der Waals surface area (Å²) in [5.74, 6) is 0. The number of rotatable bonds is 6. The average molecular weight is 158 g/mol. The van der Waals surface area contributed by atoms with Gasteiger partial charge in [-0.05, 0) is 46.8 Å². The average Bonchev–Trinajstić information content (AvgIpc) is 1.97. The van der Waals surface area contributed by atoms with Gasteiger partial charge in [0.15, 0.2) is 0 Å². The lowest BCUT2D eigenvalue weighted by molar-refractivity contribution is 0.268. The maximum Gasteiger partial charge on any atom is 0.00355 e. The Balaban J connectivity index is 3.10. The van der Waals surface area contributed by atoms with E-state index >= 15 is 0 Å². The van der Waals surface area contributed by atoms with Gasteiger partial charge < -0.3 is 10.6 Å². The smallest absolute Gasteiger partial charge is 0.00355 e. The Hall–Kier alpha value is -0.0800. The second-order valence-electron chi connectivity index (χ2n) is 3.42. The Morgan fingerprint density at radius 3 is 2.27 bits per heavy atom. The highest BCUT2D eigenvalue weighted by Gasteiger charge is 2.00. The van der Waals surface area contributed by atoms with E-state index in [1.807, 2.05) is 0 Å². The molecule has 0 atom stereocenters. The summed E-state index contributed by atoms with van der Waals surface area (Å²) in [5.41, 5.74) is 5.39. The topological polar surface area (TPSA) is 29.3 Å². The molecule has 0 aliphatic heterocycles. The minimum absolute atomic E-state index is 0.674. The number of nitrogens with two attached hydrogens (primary N) is 1. The molecule has 0 saturated heterocycles. The van der Waals surface area contributed by atoms with Crippen LogP contribution in [-0.2, 0) is 0 Å². The van der Waals surface area contributed by atoms with Crippen molar-refractivity contribution in [2.24, 2.45) is 5.73 Å². The molecule has 0 rings (SSSR count). The quantitative estimate of drug-likeness (QED) is 0.593. The van der Waals surface area contributed by atoms with E-state index in [2.05, 4.69) is 25.8 Å². The van der Waals surface area contributed by atoms with Crippen molar-refractivity contribution < 1.29 is 0 Å². The first-order chi connectivity index (χ1) is 5.18. The summed E-state index contributed by atoms with van der Waals surface area (Å²) in [7, 11) is 2.17. The predicted octanol–water partition coefficient (Wildman–Crippen LogP) is 1.46. The minimum atomic E-state index is 0.674. The van der Waals surface area contributed by atoms with E-state index in [1.54, 1.807) is 0 Å². The molecule has 0 spiro atoms. The van der Waals surface area contributed by atoms with E-state index in [0.717, 1.165) is 6.54 Å². The van der Waals surface area contributed by atoms with Gasteiger partial charge in [-0.2, -0.15) is 0 Å². The van der Waals surface area contributed by atoms with Crippen molar-refractivity contribution in [2.45, 2.75) is 39.2 Å². The van der Waals surface area contributed by atoms with E-state index in [4.69, 9.17) is 5.73 Å². The van der Waals surface area contributed by atoms with Gasteiger partial charge in [0.2, 0.25) is 0 Å². The van der Waals surface area contributed by atoms with Gasteiger partial charge >= 0.3 is 0 Å². The van der Waals surface area contributed by atoms with E-state index in [1.165, 1.54) is 25.8 Å². The molecule has 0 aromatic rings. The largest absolute Gasteiger partial charge is 0.330 e. The summed E-state index contributed by atoms with van der Waals surface area (Å²) in [4.78, 5) is 2.37. The van der Waals surface area contributed by atoms with Crippen molar-refractivity contribution in [1.29, 1.82) is 0 Å². The van der Waals surface area contributed by atoms with Crippen LogP contribution in [0.3, 0.4) is 0 Å². The molecule has 0 amide bonds. The Morgan fingerprint density at radius 2 is 1.82 bits per heavy atom. The fraction of sp³-hybridized carbons (Fsp3) is 1.00. The van der Waals surface area contributed by atoms with E-state index in [0.29, 0.717) is 6.04 Å². The fourth-order valence-electron chi connectivity index (χ4n) is 0.941. The van der Waals surface area contributed by atoms with Gasteiger partial charge in [0, 0.05) is 6.04 Å². The SMILES string of the molecule is CC(C)N(C)CCCCCN. The molecule has 0 bridgehead atoms. The monoisotopic (exact) mass is 158 g/mol. The highest BCUT2D eigenvalue weighted by molar-refractivity contribution is 4.56. The summed E-state index contributed by atoms with van der Waals surface area (Å²) in [6, 6.07) is 0.674. The molecule has 0 aromatic heterocycles. The van der Waals surface area contributed by atoms with Crippen LogP contribution in [-0.4, -0.2) is 31.1 Å². The zero-order valence-electron chi connectivity index (χ0n) is 8.14. The molecular formula is C9H22N2. The van der Waals surface area contributed by atoms with Crippen molar-refractivity contribution in [3.05, 3.63) is 0 Å². The summed E-state index contributed by atoms with van der Waals surface area (Å²) in [6.07, 6.45) is 3.73. The van der Waals surface area contributed by atoms with Crippen molar-refractivity contribution in [3.8, 4) is 0 Å². The van der Waals surface area contributed by atoms with Crippen LogP contribution in [0.15, 0.2) is 0 Å². The molecule has 0 heterocycles. The van der Waals surface area contributed by atoms with Gasteiger partial charge in [-0.25, -0.2) is 0 Å². The van der Waals surface area contributed by atoms with Gasteiger partial charge in [-0.3, -0.25) is 0 Å². The lowest BCUT2D eigenvalue weighted by atomic mass is 10.2. The van der Waals surface area contributed by atoms with Crippen LogP contribution >= 0.6 is 0 Å². The van der Waals surface area contributed by atoms with Crippen LogP contribution in [0, 0.1) is 0 Å². The molecule has 0 radical (unpaired) electrons. The van der Waals surface area contributed by atoms with E-state index in [9.17, 15) is 0 Å². The van der Waals surface area contributed by atoms with Crippen molar-refractivity contribution in [1.82, 2.24) is 4.90 Å². The zero-order chi connectivity index (χ0) is 8.69. The van der Waals surface area contributed by atoms with Crippen molar-refractivity contribution in [3.63, 3.8) is 0 Å². The first-order valence-corrected chi connectivity index (χ1v) is 4.58. The lowest BCUT2D eigenvalue weighted by Gasteiger charge is -2.20. The van der Waals surface area contributed by atoms with Gasteiger partial charge in [0.1, 0.15) is 0 Å². The van der Waals surface area contributed by atoms with Gasteiger partial charge in [-0.15, -0.1) is 0 Å². The predicted molar refractivity (Wildman–Crippen MR) is 50.7 cm³/mol. The number of unbranched alkanes of at least 4 members (excludes halogenated alkanes) is 2. The molecule has 68 valence electrons. The number of hydrogen-bond donors (Lipinski definition) is 1. The number of nitrogens with zero attached hydrogens (tertiary/aromatic N) is 1. The Kier molecular flexibility index (Phi) is 6.57. The van der Waals surface area contributed by atoms with E-state index in [-0.39, 0.29) is 0 Å². The van der Waals surface area contributed by atoms with Gasteiger partial charge in [0.05, 0.1) is 0 Å². The first-order valence-electron chi connectivity index (χ1n) is 4.58. The van der Waals surface area contributed by atoms with Gasteiger partial charge in [0.25, 0.3) is 0 Å².